The van der Waals surface area contributed by atoms with Crippen LogP contribution < -0.4 is 4.90 Å². The highest BCUT2D eigenvalue weighted by Gasteiger charge is 2.19. The fourth-order valence-corrected chi connectivity index (χ4v) is 1.79. The number of carbonyl (C=O) groups is 1. The van der Waals surface area contributed by atoms with Crippen LogP contribution in [-0.4, -0.2) is 17.5 Å². The highest BCUT2D eigenvalue weighted by Crippen LogP contribution is 2.16. The van der Waals surface area contributed by atoms with Gasteiger partial charge in [-0.25, -0.2) is 0 Å². The Bertz CT molecular complexity index is 476. The molecule has 0 radical (unpaired) electrons. The number of benzene rings is 1. The molecule has 0 unspecified atom stereocenters. The smallest absolute Gasteiger partial charge is 0.249 e. The summed E-state index contributed by atoms with van der Waals surface area (Å²) in [5.41, 5.74) is 0.913. The lowest BCUT2D eigenvalue weighted by molar-refractivity contribution is -0.121. The Hall–Kier alpha value is -2.03. The minimum absolute atomic E-state index is 0.0763. The van der Waals surface area contributed by atoms with E-state index in [4.69, 9.17) is 0 Å². The number of aromatic nitrogens is 1. The van der Waals surface area contributed by atoms with E-state index < -0.39 is 0 Å². The summed E-state index contributed by atoms with van der Waals surface area (Å²) in [5, 5.41) is 0. The maximum Gasteiger partial charge on any atom is 0.249 e. The van der Waals surface area contributed by atoms with Crippen molar-refractivity contribution in [3.63, 3.8) is 0 Å². The maximum atomic E-state index is 12.2. The van der Waals surface area contributed by atoms with Gasteiger partial charge in [-0.15, -0.1) is 0 Å². The van der Waals surface area contributed by atoms with Gasteiger partial charge < -0.3 is 9.47 Å². The van der Waals surface area contributed by atoms with Gasteiger partial charge in [0.1, 0.15) is 6.04 Å². The first-order valence-electron chi connectivity index (χ1n) is 5.65. The molecule has 3 heteroatoms. The lowest BCUT2D eigenvalue weighted by atomic mass is 10.2. The summed E-state index contributed by atoms with van der Waals surface area (Å²) in [6.07, 6.45) is 3.81. The van der Waals surface area contributed by atoms with Crippen LogP contribution in [0.25, 0.3) is 0 Å². The third-order valence-corrected chi connectivity index (χ3v) is 2.91. The molecule has 0 aliphatic heterocycles. The van der Waals surface area contributed by atoms with Crippen LogP contribution in [0.5, 0.6) is 0 Å². The van der Waals surface area contributed by atoms with Crippen LogP contribution in [0.3, 0.4) is 0 Å². The summed E-state index contributed by atoms with van der Waals surface area (Å²) >= 11 is 0. The monoisotopic (exact) mass is 228 g/mol. The first kappa shape index (κ1) is 11.5. The van der Waals surface area contributed by atoms with Gasteiger partial charge in [-0.05, 0) is 31.2 Å². The van der Waals surface area contributed by atoms with Gasteiger partial charge in [-0.2, -0.15) is 0 Å². The lowest BCUT2D eigenvalue weighted by Gasteiger charge is -2.22. The van der Waals surface area contributed by atoms with Crippen molar-refractivity contribution in [2.45, 2.75) is 13.0 Å². The van der Waals surface area contributed by atoms with E-state index in [1.807, 2.05) is 66.3 Å². The molecule has 2 rings (SSSR count). The first-order chi connectivity index (χ1) is 8.20. The molecule has 17 heavy (non-hydrogen) atoms. The molecule has 0 N–H and O–H groups in total. The van der Waals surface area contributed by atoms with Crippen molar-refractivity contribution >= 4 is 11.6 Å². The Morgan fingerprint density at radius 3 is 2.29 bits per heavy atom. The zero-order valence-corrected chi connectivity index (χ0v) is 10.1. The summed E-state index contributed by atoms with van der Waals surface area (Å²) in [7, 11) is 1.80. The largest absolute Gasteiger partial charge is 0.342 e. The second-order valence-electron chi connectivity index (χ2n) is 4.04. The van der Waals surface area contributed by atoms with E-state index in [1.165, 1.54) is 0 Å². The fraction of sp³-hybridized carbons (Fsp3) is 0.214. The van der Waals surface area contributed by atoms with Crippen molar-refractivity contribution in [3.8, 4) is 0 Å². The summed E-state index contributed by atoms with van der Waals surface area (Å²) in [5.74, 6) is 0.0763. The van der Waals surface area contributed by atoms with E-state index in [0.29, 0.717) is 0 Å². The summed E-state index contributed by atoms with van der Waals surface area (Å²) in [6.45, 7) is 1.90. The van der Waals surface area contributed by atoms with Crippen LogP contribution in [0, 0.1) is 0 Å². The van der Waals surface area contributed by atoms with Crippen LogP contribution >= 0.6 is 0 Å². The van der Waals surface area contributed by atoms with E-state index in [1.54, 1.807) is 11.9 Å². The number of amides is 1. The SMILES string of the molecule is C[C@@H](C(=O)N(C)c1ccccc1)n1cccc1. The lowest BCUT2D eigenvalue weighted by Crippen LogP contribution is -2.32. The van der Waals surface area contributed by atoms with Gasteiger partial charge in [0.15, 0.2) is 0 Å². The molecule has 1 aromatic carbocycles. The predicted molar refractivity (Wildman–Crippen MR) is 69.0 cm³/mol. The molecule has 0 saturated heterocycles. The molecule has 1 heterocycles. The normalized spacial score (nSPS) is 12.1. The van der Waals surface area contributed by atoms with Crippen LogP contribution in [0.1, 0.15) is 13.0 Å². The highest BCUT2D eigenvalue weighted by molar-refractivity contribution is 5.95. The van der Waals surface area contributed by atoms with Crippen LogP contribution in [0.2, 0.25) is 0 Å². The van der Waals surface area contributed by atoms with Crippen LogP contribution in [-0.2, 0) is 4.79 Å². The number of para-hydroxylation sites is 1. The molecule has 0 bridgehead atoms. The predicted octanol–water partition coefficient (Wildman–Crippen LogP) is 2.71. The molecule has 1 atom stereocenters. The third-order valence-electron chi connectivity index (χ3n) is 2.91. The molecule has 1 amide bonds. The third kappa shape index (κ3) is 2.38. The Morgan fingerprint density at radius 2 is 1.71 bits per heavy atom. The molecule has 0 aliphatic carbocycles. The molecule has 2 aromatic rings. The van der Waals surface area contributed by atoms with Gasteiger partial charge in [-0.3, -0.25) is 4.79 Å². The van der Waals surface area contributed by atoms with Crippen LogP contribution in [0.15, 0.2) is 54.9 Å². The van der Waals surface area contributed by atoms with Crippen molar-refractivity contribution < 1.29 is 4.79 Å². The molecule has 0 aliphatic rings. The summed E-state index contributed by atoms with van der Waals surface area (Å²) < 4.78 is 1.90. The van der Waals surface area contributed by atoms with E-state index in [9.17, 15) is 4.79 Å². The zero-order valence-electron chi connectivity index (χ0n) is 10.1. The Labute approximate surface area is 101 Å². The number of rotatable bonds is 3. The second kappa shape index (κ2) is 4.87. The van der Waals surface area contributed by atoms with Gasteiger partial charge >= 0.3 is 0 Å². The van der Waals surface area contributed by atoms with Gasteiger partial charge in [0.2, 0.25) is 5.91 Å². The average Bonchev–Trinajstić information content (AvgIpc) is 2.91. The Balaban J connectivity index is 2.16. The second-order valence-corrected chi connectivity index (χ2v) is 4.04. The van der Waals surface area contributed by atoms with Crippen molar-refractivity contribution in [1.29, 1.82) is 0 Å². The quantitative estimate of drug-likeness (QED) is 0.793. The number of hydrogen-bond acceptors (Lipinski definition) is 1. The van der Waals surface area contributed by atoms with Crippen molar-refractivity contribution in [2.75, 3.05) is 11.9 Å². The van der Waals surface area contributed by atoms with Gasteiger partial charge in [0, 0.05) is 25.1 Å². The molecular weight excluding hydrogens is 212 g/mol. The van der Waals surface area contributed by atoms with Gasteiger partial charge in [0.25, 0.3) is 0 Å². The molecule has 0 spiro atoms. The molecule has 0 saturated carbocycles. The standard InChI is InChI=1S/C14H16N2O/c1-12(16-10-6-7-11-16)14(17)15(2)13-8-4-3-5-9-13/h3-12H,1-2H3/t12-/m0/s1. The van der Waals surface area contributed by atoms with Crippen molar-refractivity contribution in [2.24, 2.45) is 0 Å². The average molecular weight is 228 g/mol. The highest BCUT2D eigenvalue weighted by atomic mass is 16.2. The number of nitrogens with zero attached hydrogens (tertiary/aromatic N) is 2. The van der Waals surface area contributed by atoms with Gasteiger partial charge in [0.05, 0.1) is 0 Å². The van der Waals surface area contributed by atoms with E-state index in [2.05, 4.69) is 0 Å². The van der Waals surface area contributed by atoms with E-state index in [0.717, 1.165) is 5.69 Å². The topological polar surface area (TPSA) is 25.2 Å². The van der Waals surface area contributed by atoms with E-state index in [-0.39, 0.29) is 11.9 Å². The zero-order chi connectivity index (χ0) is 12.3. The summed E-state index contributed by atoms with van der Waals surface area (Å²) in [4.78, 5) is 13.9. The van der Waals surface area contributed by atoms with Gasteiger partial charge in [-0.1, -0.05) is 18.2 Å². The molecule has 88 valence electrons. The number of likely N-dealkylation sites (N-methyl/N-ethyl adjacent to an activating group) is 1. The fourth-order valence-electron chi connectivity index (χ4n) is 1.79. The molecule has 3 nitrogen and oxygen atoms in total. The molecule has 0 fully saturated rings. The Morgan fingerprint density at radius 1 is 1.12 bits per heavy atom. The summed E-state index contributed by atoms with van der Waals surface area (Å²) in [6, 6.07) is 13.3. The number of hydrogen-bond donors (Lipinski definition) is 0. The van der Waals surface area contributed by atoms with E-state index >= 15 is 0 Å². The maximum absolute atomic E-state index is 12.2. The first-order valence-corrected chi connectivity index (χ1v) is 5.65. The molecule has 1 aromatic heterocycles. The number of anilines is 1. The Kier molecular flexibility index (Phi) is 3.28. The molecular formula is C14H16N2O. The minimum atomic E-state index is -0.185. The van der Waals surface area contributed by atoms with Crippen molar-refractivity contribution in [3.05, 3.63) is 54.9 Å². The van der Waals surface area contributed by atoms with Crippen LogP contribution in [0.4, 0.5) is 5.69 Å². The van der Waals surface area contributed by atoms with Crippen molar-refractivity contribution in [1.82, 2.24) is 4.57 Å². The number of carbonyl (C=O) groups excluding carboxylic acids is 1. The minimum Gasteiger partial charge on any atom is -0.342 e.